The second kappa shape index (κ2) is 11.4. The molecule has 1 aliphatic rings. The summed E-state index contributed by atoms with van der Waals surface area (Å²) in [7, 11) is 0. The van der Waals surface area contributed by atoms with E-state index in [2.05, 4.69) is 34.8 Å². The van der Waals surface area contributed by atoms with Gasteiger partial charge in [0.2, 0.25) is 5.91 Å². The highest BCUT2D eigenvalue weighted by Crippen LogP contribution is 2.25. The Labute approximate surface area is 178 Å². The van der Waals surface area contributed by atoms with Crippen molar-refractivity contribution in [2.75, 3.05) is 25.0 Å². The first-order chi connectivity index (χ1) is 14.7. The zero-order chi connectivity index (χ0) is 21.2. The Morgan fingerprint density at radius 1 is 1.10 bits per heavy atom. The second-order valence-corrected chi connectivity index (χ2v) is 7.85. The average Bonchev–Trinajstić information content (AvgIpc) is 3.22. The Kier molecular flexibility index (Phi) is 8.30. The fourth-order valence-electron chi connectivity index (χ4n) is 3.80. The van der Waals surface area contributed by atoms with Crippen molar-refractivity contribution < 1.29 is 9.59 Å². The molecule has 1 fully saturated rings. The molecule has 2 heterocycles. The van der Waals surface area contributed by atoms with Crippen LogP contribution in [-0.2, 0) is 11.2 Å². The third-order valence-corrected chi connectivity index (χ3v) is 5.55. The van der Waals surface area contributed by atoms with Gasteiger partial charge in [-0.15, -0.1) is 0 Å². The van der Waals surface area contributed by atoms with Crippen LogP contribution in [0.2, 0.25) is 0 Å². The van der Waals surface area contributed by atoms with E-state index in [9.17, 15) is 9.59 Å². The van der Waals surface area contributed by atoms with Crippen LogP contribution in [0.3, 0.4) is 0 Å². The predicted molar refractivity (Wildman–Crippen MR) is 118 cm³/mol. The van der Waals surface area contributed by atoms with E-state index in [4.69, 9.17) is 0 Å². The number of likely N-dealkylation sites (tertiary alicyclic amines) is 1. The molecule has 3 amide bonds. The standard InChI is InChI=1S/C23H33N5O2/c1-2-3-15-24-23(30)27-17-13-20(14-18-27)28-21(12-16-25-28)26-22(29)11-7-10-19-8-5-4-6-9-19/h4-6,8-9,12,16,20H,2-3,7,10-11,13-15,17-18H2,1H3,(H,24,30)(H,26,29). The Hall–Kier alpha value is -2.83. The van der Waals surface area contributed by atoms with E-state index in [0.717, 1.165) is 50.9 Å². The number of rotatable bonds is 9. The van der Waals surface area contributed by atoms with E-state index >= 15 is 0 Å². The number of hydrogen-bond acceptors (Lipinski definition) is 3. The lowest BCUT2D eigenvalue weighted by atomic mass is 10.1. The minimum Gasteiger partial charge on any atom is -0.338 e. The zero-order valence-corrected chi connectivity index (χ0v) is 17.8. The Balaban J connectivity index is 1.44. The lowest BCUT2D eigenvalue weighted by molar-refractivity contribution is -0.116. The minimum absolute atomic E-state index is 0.0143. The van der Waals surface area contributed by atoms with E-state index in [1.165, 1.54) is 5.56 Å². The number of nitrogens with one attached hydrogen (secondary N) is 2. The van der Waals surface area contributed by atoms with Gasteiger partial charge in [-0.2, -0.15) is 5.10 Å². The normalized spacial score (nSPS) is 14.5. The van der Waals surface area contributed by atoms with Crippen molar-refractivity contribution in [3.8, 4) is 0 Å². The molecule has 2 N–H and O–H groups in total. The van der Waals surface area contributed by atoms with Crippen LogP contribution in [0.25, 0.3) is 0 Å². The number of piperidine rings is 1. The summed E-state index contributed by atoms with van der Waals surface area (Å²) < 4.78 is 1.90. The fraction of sp³-hybridized carbons (Fsp3) is 0.522. The lowest BCUT2D eigenvalue weighted by Crippen LogP contribution is -2.45. The first-order valence-corrected chi connectivity index (χ1v) is 11.1. The third kappa shape index (κ3) is 6.34. The van der Waals surface area contributed by atoms with Crippen LogP contribution < -0.4 is 10.6 Å². The third-order valence-electron chi connectivity index (χ3n) is 5.55. The summed E-state index contributed by atoms with van der Waals surface area (Å²) in [4.78, 5) is 26.5. The van der Waals surface area contributed by atoms with Crippen LogP contribution in [0.15, 0.2) is 42.6 Å². The van der Waals surface area contributed by atoms with Crippen molar-refractivity contribution >= 4 is 17.8 Å². The highest BCUT2D eigenvalue weighted by molar-refractivity contribution is 5.89. The molecule has 30 heavy (non-hydrogen) atoms. The topological polar surface area (TPSA) is 79.3 Å². The average molecular weight is 412 g/mol. The number of carbonyl (C=O) groups excluding carboxylic acids is 2. The highest BCUT2D eigenvalue weighted by atomic mass is 16.2. The molecule has 0 unspecified atom stereocenters. The maximum absolute atomic E-state index is 12.4. The molecule has 1 aromatic carbocycles. The van der Waals surface area contributed by atoms with Crippen LogP contribution in [0, 0.1) is 0 Å². The molecule has 0 spiro atoms. The summed E-state index contributed by atoms with van der Waals surface area (Å²) >= 11 is 0. The van der Waals surface area contributed by atoms with Crippen molar-refractivity contribution in [2.24, 2.45) is 0 Å². The smallest absolute Gasteiger partial charge is 0.317 e. The van der Waals surface area contributed by atoms with Crippen molar-refractivity contribution in [1.29, 1.82) is 0 Å². The molecular formula is C23H33N5O2. The van der Waals surface area contributed by atoms with Gasteiger partial charge in [0.05, 0.1) is 12.2 Å². The number of aromatic nitrogens is 2. The summed E-state index contributed by atoms with van der Waals surface area (Å²) in [5, 5.41) is 10.4. The van der Waals surface area contributed by atoms with Gasteiger partial charge < -0.3 is 15.5 Å². The van der Waals surface area contributed by atoms with Gasteiger partial charge in [0, 0.05) is 32.1 Å². The first kappa shape index (κ1) is 21.9. The van der Waals surface area contributed by atoms with E-state index in [0.29, 0.717) is 19.5 Å². The van der Waals surface area contributed by atoms with Gasteiger partial charge in [-0.05, 0) is 37.7 Å². The SMILES string of the molecule is CCCCNC(=O)N1CCC(n2nccc2NC(=O)CCCc2ccccc2)CC1. The number of hydrogen-bond donors (Lipinski definition) is 2. The van der Waals surface area contributed by atoms with Crippen molar-refractivity contribution in [3.05, 3.63) is 48.2 Å². The molecule has 1 aromatic heterocycles. The van der Waals surface area contributed by atoms with E-state index < -0.39 is 0 Å². The fourth-order valence-corrected chi connectivity index (χ4v) is 3.80. The summed E-state index contributed by atoms with van der Waals surface area (Å²) in [6, 6.07) is 12.3. The van der Waals surface area contributed by atoms with Crippen LogP contribution in [-0.4, -0.2) is 46.3 Å². The molecule has 7 heteroatoms. The van der Waals surface area contributed by atoms with Gasteiger partial charge in [0.1, 0.15) is 5.82 Å². The number of amides is 3. The number of benzene rings is 1. The molecule has 162 valence electrons. The molecule has 2 aromatic rings. The van der Waals surface area contributed by atoms with E-state index in [1.807, 2.05) is 33.8 Å². The monoisotopic (exact) mass is 411 g/mol. The minimum atomic E-state index is 0.0143. The molecule has 1 saturated heterocycles. The maximum atomic E-state index is 12.4. The van der Waals surface area contributed by atoms with Crippen molar-refractivity contribution in [2.45, 2.75) is 57.9 Å². The van der Waals surface area contributed by atoms with Crippen molar-refractivity contribution in [3.63, 3.8) is 0 Å². The zero-order valence-electron chi connectivity index (χ0n) is 17.8. The first-order valence-electron chi connectivity index (χ1n) is 11.1. The number of aryl methyl sites for hydroxylation is 1. The number of urea groups is 1. The van der Waals surface area contributed by atoms with Gasteiger partial charge in [0.15, 0.2) is 0 Å². The molecule has 7 nitrogen and oxygen atoms in total. The van der Waals surface area contributed by atoms with Gasteiger partial charge in [-0.3, -0.25) is 4.79 Å². The second-order valence-electron chi connectivity index (χ2n) is 7.85. The molecule has 3 rings (SSSR count). The molecule has 0 radical (unpaired) electrons. The number of nitrogens with zero attached hydrogens (tertiary/aromatic N) is 3. The summed E-state index contributed by atoms with van der Waals surface area (Å²) in [6.45, 7) is 4.25. The summed E-state index contributed by atoms with van der Waals surface area (Å²) in [5.41, 5.74) is 1.25. The Bertz CT molecular complexity index is 797. The van der Waals surface area contributed by atoms with Crippen LogP contribution in [0.1, 0.15) is 57.1 Å². The largest absolute Gasteiger partial charge is 0.338 e. The highest BCUT2D eigenvalue weighted by Gasteiger charge is 2.25. The Morgan fingerprint density at radius 2 is 1.87 bits per heavy atom. The number of unbranched alkanes of at least 4 members (excludes halogenated alkanes) is 1. The van der Waals surface area contributed by atoms with Crippen LogP contribution >= 0.6 is 0 Å². The van der Waals surface area contributed by atoms with Crippen LogP contribution in [0.5, 0.6) is 0 Å². The predicted octanol–water partition coefficient (Wildman–Crippen LogP) is 3.99. The summed E-state index contributed by atoms with van der Waals surface area (Å²) in [6.07, 6.45) is 7.66. The molecule has 0 bridgehead atoms. The molecule has 0 saturated carbocycles. The van der Waals surface area contributed by atoms with E-state index in [-0.39, 0.29) is 18.0 Å². The molecular weight excluding hydrogens is 378 g/mol. The molecule has 0 aliphatic carbocycles. The van der Waals surface area contributed by atoms with Gasteiger partial charge in [-0.1, -0.05) is 43.7 Å². The molecule has 1 aliphatic heterocycles. The number of anilines is 1. The maximum Gasteiger partial charge on any atom is 0.317 e. The van der Waals surface area contributed by atoms with E-state index in [1.54, 1.807) is 6.20 Å². The molecule has 0 atom stereocenters. The lowest BCUT2D eigenvalue weighted by Gasteiger charge is -2.32. The Morgan fingerprint density at radius 3 is 2.60 bits per heavy atom. The van der Waals surface area contributed by atoms with Crippen molar-refractivity contribution in [1.82, 2.24) is 20.0 Å². The van der Waals surface area contributed by atoms with Gasteiger partial charge in [0.25, 0.3) is 0 Å². The van der Waals surface area contributed by atoms with Gasteiger partial charge >= 0.3 is 6.03 Å². The van der Waals surface area contributed by atoms with Gasteiger partial charge in [-0.25, -0.2) is 9.48 Å². The quantitative estimate of drug-likeness (QED) is 0.612. The number of carbonyl (C=O) groups is 2. The summed E-state index contributed by atoms with van der Waals surface area (Å²) in [5.74, 6) is 0.756. The van der Waals surface area contributed by atoms with Crippen LogP contribution in [0.4, 0.5) is 10.6 Å².